The van der Waals surface area contributed by atoms with Crippen LogP contribution in [0.3, 0.4) is 0 Å². The first-order valence-corrected chi connectivity index (χ1v) is 10.1. The van der Waals surface area contributed by atoms with E-state index in [2.05, 4.69) is 20.1 Å². The van der Waals surface area contributed by atoms with Gasteiger partial charge in [-0.25, -0.2) is 4.79 Å². The minimum absolute atomic E-state index is 0.149. The molecule has 2 aliphatic rings. The lowest BCUT2D eigenvalue weighted by atomic mass is 9.95. The zero-order valence-corrected chi connectivity index (χ0v) is 16.1. The number of thioether (sulfide) groups is 1. The first-order valence-electron chi connectivity index (χ1n) is 9.08. The molecule has 1 saturated carbocycles. The van der Waals surface area contributed by atoms with Crippen LogP contribution in [-0.4, -0.2) is 49.4 Å². The van der Waals surface area contributed by atoms with Crippen LogP contribution in [0.25, 0.3) is 0 Å². The van der Waals surface area contributed by atoms with Gasteiger partial charge >= 0.3 is 6.03 Å². The van der Waals surface area contributed by atoms with Crippen molar-refractivity contribution >= 4 is 23.7 Å². The van der Waals surface area contributed by atoms with Gasteiger partial charge in [-0.1, -0.05) is 31.0 Å². The monoisotopic (exact) mass is 365 g/mol. The Hall–Kier alpha value is -1.57. The molecule has 25 heavy (non-hydrogen) atoms. The van der Waals surface area contributed by atoms with Crippen molar-refractivity contribution in [3.8, 4) is 0 Å². The highest BCUT2D eigenvalue weighted by molar-refractivity contribution is 7.99. The molecule has 0 radical (unpaired) electrons. The van der Waals surface area contributed by atoms with Gasteiger partial charge in [-0.2, -0.15) is 0 Å². The number of rotatable bonds is 6. The Balaban J connectivity index is 1.53. The van der Waals surface area contributed by atoms with Gasteiger partial charge in [0.1, 0.15) is 11.4 Å². The molecule has 1 N–H and O–H groups in total. The van der Waals surface area contributed by atoms with E-state index in [4.69, 9.17) is 0 Å². The Morgan fingerprint density at radius 2 is 1.92 bits per heavy atom. The van der Waals surface area contributed by atoms with Crippen molar-refractivity contribution in [3.05, 3.63) is 5.82 Å². The Morgan fingerprint density at radius 3 is 2.56 bits per heavy atom. The van der Waals surface area contributed by atoms with E-state index < -0.39 is 5.54 Å². The fourth-order valence-corrected chi connectivity index (χ4v) is 4.59. The van der Waals surface area contributed by atoms with Crippen LogP contribution >= 0.6 is 11.8 Å². The number of hydrogen-bond acceptors (Lipinski definition) is 5. The molecule has 1 aromatic rings. The molecule has 3 amide bonds. The van der Waals surface area contributed by atoms with Crippen molar-refractivity contribution in [1.29, 1.82) is 0 Å². The number of aryl methyl sites for hydroxylation is 1. The summed E-state index contributed by atoms with van der Waals surface area (Å²) in [6.45, 7) is 5.92. The number of nitrogens with one attached hydrogen (secondary N) is 1. The topological polar surface area (TPSA) is 80.1 Å². The molecule has 1 saturated heterocycles. The van der Waals surface area contributed by atoms with E-state index in [-0.39, 0.29) is 11.9 Å². The summed E-state index contributed by atoms with van der Waals surface area (Å²) < 4.78 is 2.28. The van der Waals surface area contributed by atoms with Gasteiger partial charge in [-0.05, 0) is 40.0 Å². The lowest BCUT2D eigenvalue weighted by Gasteiger charge is -2.25. The number of amides is 3. The van der Waals surface area contributed by atoms with E-state index in [0.717, 1.165) is 23.2 Å². The quantitative estimate of drug-likeness (QED) is 0.476. The number of carbonyl (C=O) groups excluding carboxylic acids is 2. The molecule has 1 aliphatic carbocycles. The summed E-state index contributed by atoms with van der Waals surface area (Å²) >= 11 is 1.67. The standard InChI is InChI=1S/C17H27N5O2S/c1-12-19-20-16(22(12)13-8-5-4-6-9-13)25-11-7-10-21-14(23)17(2,3)18-15(21)24/h13H,4-11H2,1-3H3,(H,18,24). The molecule has 138 valence electrons. The van der Waals surface area contributed by atoms with E-state index in [1.54, 1.807) is 25.6 Å². The fraction of sp³-hybridized carbons (Fsp3) is 0.765. The smallest absolute Gasteiger partial charge is 0.324 e. The first kappa shape index (κ1) is 18.2. The van der Waals surface area contributed by atoms with Crippen LogP contribution in [0.5, 0.6) is 0 Å². The number of aromatic nitrogens is 3. The number of carbonyl (C=O) groups is 2. The Kier molecular flexibility index (Phi) is 5.36. The summed E-state index contributed by atoms with van der Waals surface area (Å²) in [5, 5.41) is 12.3. The average Bonchev–Trinajstić information content (AvgIpc) is 3.03. The molecule has 3 rings (SSSR count). The van der Waals surface area contributed by atoms with Crippen molar-refractivity contribution in [3.63, 3.8) is 0 Å². The second-order valence-corrected chi connectivity index (χ2v) is 8.47. The number of urea groups is 1. The average molecular weight is 366 g/mol. The molecule has 0 bridgehead atoms. The largest absolute Gasteiger partial charge is 0.325 e. The van der Waals surface area contributed by atoms with Crippen LogP contribution in [0.2, 0.25) is 0 Å². The molecule has 7 nitrogen and oxygen atoms in total. The Bertz CT molecular complexity index is 651. The molecule has 2 fully saturated rings. The normalized spacial score (nSPS) is 21.0. The number of hydrogen-bond donors (Lipinski definition) is 1. The minimum atomic E-state index is -0.789. The Morgan fingerprint density at radius 1 is 1.20 bits per heavy atom. The van der Waals surface area contributed by atoms with Gasteiger partial charge in [0.25, 0.3) is 5.91 Å². The van der Waals surface area contributed by atoms with E-state index in [9.17, 15) is 9.59 Å². The van der Waals surface area contributed by atoms with Crippen LogP contribution in [0.4, 0.5) is 4.79 Å². The highest BCUT2D eigenvalue weighted by Gasteiger charge is 2.43. The summed E-state index contributed by atoms with van der Waals surface area (Å²) in [4.78, 5) is 25.4. The maximum atomic E-state index is 12.2. The van der Waals surface area contributed by atoms with Crippen LogP contribution in [0.15, 0.2) is 5.16 Å². The first-order chi connectivity index (χ1) is 11.9. The van der Waals surface area contributed by atoms with Crippen LogP contribution < -0.4 is 5.32 Å². The molecule has 0 unspecified atom stereocenters. The molecule has 0 spiro atoms. The van der Waals surface area contributed by atoms with Gasteiger partial charge in [0.05, 0.1) is 0 Å². The van der Waals surface area contributed by atoms with Crippen LogP contribution in [-0.2, 0) is 4.79 Å². The number of imide groups is 1. The van der Waals surface area contributed by atoms with Crippen molar-refractivity contribution in [2.75, 3.05) is 12.3 Å². The summed E-state index contributed by atoms with van der Waals surface area (Å²) in [5.41, 5.74) is -0.789. The molecular weight excluding hydrogens is 338 g/mol. The molecule has 1 aromatic heterocycles. The van der Waals surface area contributed by atoms with Gasteiger partial charge < -0.3 is 9.88 Å². The summed E-state index contributed by atoms with van der Waals surface area (Å²) in [6, 6.07) is 0.221. The highest BCUT2D eigenvalue weighted by atomic mass is 32.2. The van der Waals surface area contributed by atoms with Gasteiger partial charge in [0.15, 0.2) is 5.16 Å². The second kappa shape index (κ2) is 7.35. The van der Waals surface area contributed by atoms with Gasteiger partial charge in [0.2, 0.25) is 0 Å². The van der Waals surface area contributed by atoms with Crippen molar-refractivity contribution in [2.24, 2.45) is 0 Å². The highest BCUT2D eigenvalue weighted by Crippen LogP contribution is 2.32. The minimum Gasteiger partial charge on any atom is -0.324 e. The zero-order chi connectivity index (χ0) is 18.0. The molecule has 0 atom stereocenters. The van der Waals surface area contributed by atoms with Crippen molar-refractivity contribution < 1.29 is 9.59 Å². The SMILES string of the molecule is Cc1nnc(SCCCN2C(=O)NC(C)(C)C2=O)n1C1CCCCC1. The fourth-order valence-electron chi connectivity index (χ4n) is 3.62. The Labute approximate surface area is 152 Å². The summed E-state index contributed by atoms with van der Waals surface area (Å²) in [7, 11) is 0. The molecular formula is C17H27N5O2S. The molecule has 8 heteroatoms. The van der Waals surface area contributed by atoms with E-state index in [1.807, 2.05) is 6.92 Å². The van der Waals surface area contributed by atoms with Gasteiger partial charge in [-0.3, -0.25) is 9.69 Å². The lowest BCUT2D eigenvalue weighted by molar-refractivity contribution is -0.130. The zero-order valence-electron chi connectivity index (χ0n) is 15.2. The summed E-state index contributed by atoms with van der Waals surface area (Å²) in [5.74, 6) is 1.64. The third kappa shape index (κ3) is 3.83. The van der Waals surface area contributed by atoms with E-state index >= 15 is 0 Å². The predicted molar refractivity (Wildman–Crippen MR) is 96.5 cm³/mol. The second-order valence-electron chi connectivity index (χ2n) is 7.41. The van der Waals surface area contributed by atoms with E-state index in [1.165, 1.54) is 37.0 Å². The summed E-state index contributed by atoms with van der Waals surface area (Å²) in [6.07, 6.45) is 7.01. The maximum Gasteiger partial charge on any atom is 0.325 e. The van der Waals surface area contributed by atoms with Gasteiger partial charge in [0, 0.05) is 18.3 Å². The molecule has 1 aliphatic heterocycles. The van der Waals surface area contributed by atoms with Gasteiger partial charge in [-0.15, -0.1) is 10.2 Å². The third-order valence-electron chi connectivity index (χ3n) is 4.98. The lowest BCUT2D eigenvalue weighted by Crippen LogP contribution is -2.40. The third-order valence-corrected chi connectivity index (χ3v) is 6.01. The number of nitrogens with zero attached hydrogens (tertiary/aromatic N) is 4. The molecule has 2 heterocycles. The van der Waals surface area contributed by atoms with Crippen LogP contribution in [0.1, 0.15) is 64.2 Å². The van der Waals surface area contributed by atoms with Crippen molar-refractivity contribution in [2.45, 2.75) is 76.0 Å². The van der Waals surface area contributed by atoms with Crippen molar-refractivity contribution in [1.82, 2.24) is 25.0 Å². The van der Waals surface area contributed by atoms with Crippen LogP contribution in [0, 0.1) is 6.92 Å². The molecule has 0 aromatic carbocycles. The predicted octanol–water partition coefficient (Wildman–Crippen LogP) is 2.90. The van der Waals surface area contributed by atoms with E-state index in [0.29, 0.717) is 12.6 Å². The maximum absolute atomic E-state index is 12.2.